The lowest BCUT2D eigenvalue weighted by Gasteiger charge is -2.11. The van der Waals surface area contributed by atoms with Crippen LogP contribution in [0.4, 0.5) is 0 Å². The summed E-state index contributed by atoms with van der Waals surface area (Å²) in [6.07, 6.45) is 2.28. The van der Waals surface area contributed by atoms with Gasteiger partial charge in [0, 0.05) is 27.3 Å². The third-order valence-electron chi connectivity index (χ3n) is 2.23. The van der Waals surface area contributed by atoms with Gasteiger partial charge in [-0.1, -0.05) is 23.2 Å². The van der Waals surface area contributed by atoms with Gasteiger partial charge in [0.15, 0.2) is 0 Å². The van der Waals surface area contributed by atoms with Crippen molar-refractivity contribution in [2.75, 3.05) is 0 Å². The molecule has 0 aliphatic carbocycles. The molecule has 1 unspecified atom stereocenters. The number of pyridine rings is 1. The van der Waals surface area contributed by atoms with E-state index in [0.29, 0.717) is 22.2 Å². The largest absolute Gasteiger partial charge is 0.322 e. The zero-order chi connectivity index (χ0) is 12.4. The summed E-state index contributed by atoms with van der Waals surface area (Å²) in [5.74, 6) is 0. The first-order valence-electron chi connectivity index (χ1n) is 4.85. The minimum Gasteiger partial charge on any atom is -0.322 e. The Morgan fingerprint density at radius 3 is 2.76 bits per heavy atom. The lowest BCUT2D eigenvalue weighted by atomic mass is 10.1. The highest BCUT2D eigenvalue weighted by Crippen LogP contribution is 2.27. The maximum absolute atomic E-state index is 6.09. The Balaban J connectivity index is 2.17. The number of thiophene rings is 1. The third-order valence-corrected chi connectivity index (χ3v) is 4.46. The fourth-order valence-corrected chi connectivity index (χ4v) is 3.50. The average molecular weight is 352 g/mol. The summed E-state index contributed by atoms with van der Waals surface area (Å²) in [5.41, 5.74) is 6.77. The van der Waals surface area contributed by atoms with E-state index >= 15 is 0 Å². The predicted molar refractivity (Wildman–Crippen MR) is 76.9 cm³/mol. The molecule has 0 aliphatic heterocycles. The van der Waals surface area contributed by atoms with Gasteiger partial charge in [-0.25, -0.2) is 0 Å². The van der Waals surface area contributed by atoms with Crippen molar-refractivity contribution in [2.24, 2.45) is 5.73 Å². The molecule has 2 N–H and O–H groups in total. The van der Waals surface area contributed by atoms with E-state index in [1.165, 1.54) is 4.88 Å². The van der Waals surface area contributed by atoms with Crippen LogP contribution in [0, 0.1) is 0 Å². The standard InChI is InChI=1S/C11H9BrCl2N2S/c12-6-1-8(17-5-6)3-10(15)11-9(14)2-7(13)4-16-11/h1-2,4-5,10H,3,15H2. The molecule has 0 aromatic carbocycles. The van der Waals surface area contributed by atoms with E-state index in [0.717, 1.165) is 4.47 Å². The molecular formula is C11H9BrCl2N2S. The molecule has 17 heavy (non-hydrogen) atoms. The van der Waals surface area contributed by atoms with Crippen molar-refractivity contribution in [2.45, 2.75) is 12.5 Å². The fraction of sp³-hybridized carbons (Fsp3) is 0.182. The number of hydrogen-bond donors (Lipinski definition) is 1. The van der Waals surface area contributed by atoms with Crippen LogP contribution in [0.1, 0.15) is 16.6 Å². The van der Waals surface area contributed by atoms with Gasteiger partial charge in [0.2, 0.25) is 0 Å². The van der Waals surface area contributed by atoms with Crippen molar-refractivity contribution in [3.05, 3.63) is 48.8 Å². The van der Waals surface area contributed by atoms with Gasteiger partial charge in [-0.05, 0) is 28.1 Å². The number of nitrogens with zero attached hydrogens (tertiary/aromatic N) is 1. The third kappa shape index (κ3) is 3.42. The van der Waals surface area contributed by atoms with Gasteiger partial charge in [0.05, 0.1) is 21.8 Å². The van der Waals surface area contributed by atoms with Crippen LogP contribution < -0.4 is 5.73 Å². The molecule has 0 saturated heterocycles. The lowest BCUT2D eigenvalue weighted by Crippen LogP contribution is -2.14. The summed E-state index contributed by atoms with van der Waals surface area (Å²) in [6, 6.07) is 3.49. The van der Waals surface area contributed by atoms with E-state index in [9.17, 15) is 0 Å². The normalized spacial score (nSPS) is 12.7. The molecule has 90 valence electrons. The first-order chi connectivity index (χ1) is 8.06. The van der Waals surface area contributed by atoms with Crippen molar-refractivity contribution in [3.8, 4) is 0 Å². The number of aromatic nitrogens is 1. The van der Waals surface area contributed by atoms with Crippen molar-refractivity contribution in [1.82, 2.24) is 4.98 Å². The number of rotatable bonds is 3. The van der Waals surface area contributed by atoms with Crippen LogP contribution in [-0.4, -0.2) is 4.98 Å². The van der Waals surface area contributed by atoms with Crippen LogP contribution in [0.3, 0.4) is 0 Å². The maximum atomic E-state index is 6.09. The summed E-state index contributed by atoms with van der Waals surface area (Å²) in [7, 11) is 0. The average Bonchev–Trinajstić information content (AvgIpc) is 2.63. The summed E-state index contributed by atoms with van der Waals surface area (Å²) in [5, 5.41) is 3.06. The monoisotopic (exact) mass is 350 g/mol. The highest BCUT2D eigenvalue weighted by Gasteiger charge is 2.14. The summed E-state index contributed by atoms with van der Waals surface area (Å²) in [4.78, 5) is 5.38. The summed E-state index contributed by atoms with van der Waals surface area (Å²) >= 11 is 16.9. The van der Waals surface area contributed by atoms with Gasteiger partial charge in [0.1, 0.15) is 0 Å². The number of nitrogens with two attached hydrogens (primary N) is 1. The quantitative estimate of drug-likeness (QED) is 0.886. The summed E-state index contributed by atoms with van der Waals surface area (Å²) < 4.78 is 1.07. The van der Waals surface area contributed by atoms with Crippen LogP contribution in [0.25, 0.3) is 0 Å². The SMILES string of the molecule is NC(Cc1cc(Br)cs1)c1ncc(Cl)cc1Cl. The van der Waals surface area contributed by atoms with Gasteiger partial charge in [-0.3, -0.25) is 4.98 Å². The smallest absolute Gasteiger partial charge is 0.0761 e. The molecule has 2 rings (SSSR count). The van der Waals surface area contributed by atoms with E-state index in [2.05, 4.69) is 20.9 Å². The Bertz CT molecular complexity index is 530. The second kappa shape index (κ2) is 5.67. The molecule has 2 aromatic heterocycles. The zero-order valence-electron chi connectivity index (χ0n) is 8.66. The van der Waals surface area contributed by atoms with E-state index in [1.54, 1.807) is 23.6 Å². The van der Waals surface area contributed by atoms with Gasteiger partial charge >= 0.3 is 0 Å². The van der Waals surface area contributed by atoms with Crippen molar-refractivity contribution in [1.29, 1.82) is 0 Å². The Labute approximate surface area is 122 Å². The molecule has 2 nitrogen and oxygen atoms in total. The Hall–Kier alpha value is -0.130. The maximum Gasteiger partial charge on any atom is 0.0761 e. The second-order valence-electron chi connectivity index (χ2n) is 3.56. The molecule has 1 atom stereocenters. The molecule has 0 bridgehead atoms. The fourth-order valence-electron chi connectivity index (χ4n) is 1.47. The van der Waals surface area contributed by atoms with Gasteiger partial charge in [0.25, 0.3) is 0 Å². The Morgan fingerprint density at radius 1 is 1.41 bits per heavy atom. The van der Waals surface area contributed by atoms with Crippen molar-refractivity contribution < 1.29 is 0 Å². The van der Waals surface area contributed by atoms with Crippen LogP contribution in [0.5, 0.6) is 0 Å². The molecular weight excluding hydrogens is 343 g/mol. The minimum absolute atomic E-state index is 0.217. The molecule has 2 heterocycles. The first kappa shape index (κ1) is 13.3. The van der Waals surface area contributed by atoms with Crippen molar-refractivity contribution in [3.63, 3.8) is 0 Å². The van der Waals surface area contributed by atoms with E-state index < -0.39 is 0 Å². The number of halogens is 3. The van der Waals surface area contributed by atoms with Gasteiger partial charge in [-0.15, -0.1) is 11.3 Å². The topological polar surface area (TPSA) is 38.9 Å². The molecule has 0 aliphatic rings. The lowest BCUT2D eigenvalue weighted by molar-refractivity contribution is 0.704. The first-order valence-corrected chi connectivity index (χ1v) is 7.28. The molecule has 0 fully saturated rings. The summed E-state index contributed by atoms with van der Waals surface area (Å²) in [6.45, 7) is 0. The second-order valence-corrected chi connectivity index (χ2v) is 6.32. The predicted octanol–water partition coefficient (Wildman–Crippen LogP) is 4.45. The van der Waals surface area contributed by atoms with E-state index in [1.807, 2.05) is 11.4 Å². The molecule has 0 saturated carbocycles. The Morgan fingerprint density at radius 2 is 2.18 bits per heavy atom. The zero-order valence-corrected chi connectivity index (χ0v) is 12.6. The molecule has 0 radical (unpaired) electrons. The highest BCUT2D eigenvalue weighted by atomic mass is 79.9. The molecule has 2 aromatic rings. The van der Waals surface area contributed by atoms with Gasteiger partial charge < -0.3 is 5.73 Å². The highest BCUT2D eigenvalue weighted by molar-refractivity contribution is 9.10. The molecule has 0 amide bonds. The minimum atomic E-state index is -0.217. The Kier molecular flexibility index (Phi) is 4.44. The van der Waals surface area contributed by atoms with Crippen LogP contribution in [0.15, 0.2) is 28.2 Å². The van der Waals surface area contributed by atoms with Crippen LogP contribution in [0.2, 0.25) is 10.0 Å². The van der Waals surface area contributed by atoms with Crippen molar-refractivity contribution >= 4 is 50.5 Å². The van der Waals surface area contributed by atoms with E-state index in [-0.39, 0.29) is 6.04 Å². The molecule has 0 spiro atoms. The van der Waals surface area contributed by atoms with Gasteiger partial charge in [-0.2, -0.15) is 0 Å². The number of hydrogen-bond acceptors (Lipinski definition) is 3. The van der Waals surface area contributed by atoms with E-state index in [4.69, 9.17) is 28.9 Å². The van der Waals surface area contributed by atoms with Crippen LogP contribution in [-0.2, 0) is 6.42 Å². The molecule has 6 heteroatoms. The van der Waals surface area contributed by atoms with Crippen LogP contribution >= 0.6 is 50.5 Å².